The lowest BCUT2D eigenvalue weighted by molar-refractivity contribution is -0.116. The van der Waals surface area contributed by atoms with Crippen molar-refractivity contribution in [1.29, 1.82) is 0 Å². The largest absolute Gasteiger partial charge is 0.324 e. The molecular formula is C16H17FN2O3S. The van der Waals surface area contributed by atoms with Gasteiger partial charge < -0.3 is 5.32 Å². The molecule has 2 N–H and O–H groups in total. The lowest BCUT2D eigenvalue weighted by atomic mass is 10.1. The number of hydrogen-bond acceptors (Lipinski definition) is 3. The zero-order valence-corrected chi connectivity index (χ0v) is 13.4. The molecule has 1 amide bonds. The third kappa shape index (κ3) is 4.61. The molecule has 5 nitrogen and oxygen atoms in total. The van der Waals surface area contributed by atoms with Gasteiger partial charge in [-0.25, -0.2) is 17.5 Å². The number of hydrogen-bond donors (Lipinski definition) is 2. The minimum absolute atomic E-state index is 0.146. The van der Waals surface area contributed by atoms with E-state index in [0.29, 0.717) is 6.42 Å². The van der Waals surface area contributed by atoms with Crippen LogP contribution in [-0.4, -0.2) is 21.4 Å². The van der Waals surface area contributed by atoms with Gasteiger partial charge >= 0.3 is 0 Å². The Labute approximate surface area is 134 Å². The summed E-state index contributed by atoms with van der Waals surface area (Å²) in [5.74, 6) is -0.788. The van der Waals surface area contributed by atoms with Gasteiger partial charge in [-0.15, -0.1) is 0 Å². The smallest absolute Gasteiger partial charge is 0.240 e. The summed E-state index contributed by atoms with van der Waals surface area (Å²) in [4.78, 5) is 12.0. The molecule has 0 aliphatic rings. The molecule has 0 aliphatic heterocycles. The summed E-state index contributed by atoms with van der Waals surface area (Å²) < 4.78 is 38.9. The summed E-state index contributed by atoms with van der Waals surface area (Å²) in [6.07, 6.45) is 0.604. The van der Waals surface area contributed by atoms with E-state index in [1.165, 1.54) is 31.3 Å². The fourth-order valence-electron chi connectivity index (χ4n) is 1.99. The number of carbonyl (C=O) groups excluding carboxylic acids is 1. The molecular weight excluding hydrogens is 319 g/mol. The van der Waals surface area contributed by atoms with Crippen molar-refractivity contribution in [1.82, 2.24) is 4.72 Å². The quantitative estimate of drug-likeness (QED) is 0.850. The molecule has 2 aromatic rings. The molecule has 0 atom stereocenters. The Bertz CT molecular complexity index is 789. The first-order valence-corrected chi connectivity index (χ1v) is 8.47. The summed E-state index contributed by atoms with van der Waals surface area (Å²) >= 11 is 0. The number of benzene rings is 2. The molecule has 0 aromatic heterocycles. The highest BCUT2D eigenvalue weighted by molar-refractivity contribution is 7.89. The fraction of sp³-hybridized carbons (Fsp3) is 0.188. The molecule has 122 valence electrons. The lowest BCUT2D eigenvalue weighted by Gasteiger charge is -2.07. The molecule has 0 aliphatic carbocycles. The van der Waals surface area contributed by atoms with E-state index in [1.54, 1.807) is 24.3 Å². The van der Waals surface area contributed by atoms with Gasteiger partial charge in [0.15, 0.2) is 0 Å². The van der Waals surface area contributed by atoms with Crippen molar-refractivity contribution in [2.45, 2.75) is 17.7 Å². The van der Waals surface area contributed by atoms with Crippen LogP contribution in [0.4, 0.5) is 10.1 Å². The third-order valence-corrected chi connectivity index (χ3v) is 4.72. The monoisotopic (exact) mass is 336 g/mol. The van der Waals surface area contributed by atoms with E-state index < -0.39 is 15.8 Å². The van der Waals surface area contributed by atoms with Gasteiger partial charge in [-0.05, 0) is 43.3 Å². The van der Waals surface area contributed by atoms with Gasteiger partial charge in [-0.3, -0.25) is 4.79 Å². The van der Waals surface area contributed by atoms with E-state index in [2.05, 4.69) is 10.0 Å². The molecule has 2 rings (SSSR count). The Hall–Kier alpha value is -2.25. The standard InChI is InChI=1S/C16H17FN2O3S/c1-18-23(21,22)13-9-6-12(7-10-13)8-11-16(20)19-15-5-3-2-4-14(15)17/h2-7,9-10,18H,8,11H2,1H3,(H,19,20). The van der Waals surface area contributed by atoms with E-state index >= 15 is 0 Å². The SMILES string of the molecule is CNS(=O)(=O)c1ccc(CCC(=O)Nc2ccccc2F)cc1. The van der Waals surface area contributed by atoms with Crippen LogP contribution in [0.5, 0.6) is 0 Å². The Morgan fingerprint density at radius 2 is 1.74 bits per heavy atom. The van der Waals surface area contributed by atoms with Crippen LogP contribution in [0.1, 0.15) is 12.0 Å². The normalized spacial score (nSPS) is 11.2. The van der Waals surface area contributed by atoms with E-state index in [-0.39, 0.29) is 22.9 Å². The maximum absolute atomic E-state index is 13.4. The van der Waals surface area contributed by atoms with Crippen LogP contribution in [-0.2, 0) is 21.2 Å². The van der Waals surface area contributed by atoms with Crippen molar-refractivity contribution < 1.29 is 17.6 Å². The van der Waals surface area contributed by atoms with Crippen LogP contribution in [0, 0.1) is 5.82 Å². The van der Waals surface area contributed by atoms with Crippen molar-refractivity contribution in [3.63, 3.8) is 0 Å². The summed E-state index contributed by atoms with van der Waals surface area (Å²) in [7, 11) is -2.12. The van der Waals surface area contributed by atoms with Crippen molar-refractivity contribution in [2.24, 2.45) is 0 Å². The minimum atomic E-state index is -3.46. The first-order chi connectivity index (χ1) is 10.9. The molecule has 0 saturated heterocycles. The number of aryl methyl sites for hydroxylation is 1. The number of carbonyl (C=O) groups is 1. The summed E-state index contributed by atoms with van der Waals surface area (Å²) in [6.45, 7) is 0. The molecule has 23 heavy (non-hydrogen) atoms. The Morgan fingerprint density at radius 3 is 2.35 bits per heavy atom. The van der Waals surface area contributed by atoms with Crippen LogP contribution in [0.3, 0.4) is 0 Å². The van der Waals surface area contributed by atoms with Gasteiger partial charge in [0.25, 0.3) is 0 Å². The van der Waals surface area contributed by atoms with E-state index in [9.17, 15) is 17.6 Å². The predicted octanol–water partition coefficient (Wildman–Crippen LogP) is 2.31. The van der Waals surface area contributed by atoms with Crippen LogP contribution in [0.15, 0.2) is 53.4 Å². The van der Waals surface area contributed by atoms with Gasteiger partial charge in [0.2, 0.25) is 15.9 Å². The van der Waals surface area contributed by atoms with E-state index in [1.807, 2.05) is 0 Å². The molecule has 0 unspecified atom stereocenters. The number of anilines is 1. The number of rotatable bonds is 6. The second-order valence-corrected chi connectivity index (χ2v) is 6.77. The van der Waals surface area contributed by atoms with Gasteiger partial charge in [0.1, 0.15) is 5.82 Å². The molecule has 7 heteroatoms. The Balaban J connectivity index is 1.93. The van der Waals surface area contributed by atoms with E-state index in [4.69, 9.17) is 0 Å². The molecule has 0 bridgehead atoms. The molecule has 2 aromatic carbocycles. The van der Waals surface area contributed by atoms with Crippen molar-refractivity contribution in [3.05, 3.63) is 59.9 Å². The van der Waals surface area contributed by atoms with Crippen LogP contribution in [0.2, 0.25) is 0 Å². The zero-order valence-electron chi connectivity index (χ0n) is 12.5. The number of amides is 1. The second-order valence-electron chi connectivity index (χ2n) is 4.88. The van der Waals surface area contributed by atoms with Crippen LogP contribution in [0.25, 0.3) is 0 Å². The van der Waals surface area contributed by atoms with Crippen molar-refractivity contribution in [2.75, 3.05) is 12.4 Å². The molecule has 0 heterocycles. The van der Waals surface area contributed by atoms with Gasteiger partial charge in [-0.1, -0.05) is 24.3 Å². The molecule has 0 radical (unpaired) electrons. The van der Waals surface area contributed by atoms with Gasteiger partial charge in [-0.2, -0.15) is 0 Å². The molecule has 0 saturated carbocycles. The predicted molar refractivity (Wildman–Crippen MR) is 86.0 cm³/mol. The highest BCUT2D eigenvalue weighted by Crippen LogP contribution is 2.14. The fourth-order valence-corrected chi connectivity index (χ4v) is 2.72. The number of para-hydroxylation sites is 1. The summed E-state index contributed by atoms with van der Waals surface area (Å²) in [5.41, 5.74) is 0.969. The number of nitrogens with one attached hydrogen (secondary N) is 2. The maximum atomic E-state index is 13.4. The van der Waals surface area contributed by atoms with E-state index in [0.717, 1.165) is 5.56 Å². The van der Waals surface area contributed by atoms with Crippen LogP contribution >= 0.6 is 0 Å². The van der Waals surface area contributed by atoms with Crippen molar-refractivity contribution in [3.8, 4) is 0 Å². The molecule has 0 fully saturated rings. The maximum Gasteiger partial charge on any atom is 0.240 e. The van der Waals surface area contributed by atoms with Gasteiger partial charge in [0.05, 0.1) is 10.6 Å². The zero-order chi connectivity index (χ0) is 16.9. The number of sulfonamides is 1. The topological polar surface area (TPSA) is 75.3 Å². The second kappa shape index (κ2) is 7.34. The average Bonchev–Trinajstić information content (AvgIpc) is 2.55. The first kappa shape index (κ1) is 17.1. The Kier molecular flexibility index (Phi) is 5.46. The third-order valence-electron chi connectivity index (χ3n) is 3.29. The lowest BCUT2D eigenvalue weighted by Crippen LogP contribution is -2.18. The molecule has 0 spiro atoms. The van der Waals surface area contributed by atoms with Gasteiger partial charge in [0, 0.05) is 6.42 Å². The highest BCUT2D eigenvalue weighted by Gasteiger charge is 2.11. The number of halogens is 1. The summed E-state index contributed by atoms with van der Waals surface area (Å²) in [6, 6.07) is 12.2. The first-order valence-electron chi connectivity index (χ1n) is 6.99. The Morgan fingerprint density at radius 1 is 1.09 bits per heavy atom. The van der Waals surface area contributed by atoms with Crippen LogP contribution < -0.4 is 10.0 Å². The minimum Gasteiger partial charge on any atom is -0.324 e. The highest BCUT2D eigenvalue weighted by atomic mass is 32.2. The average molecular weight is 336 g/mol. The summed E-state index contributed by atoms with van der Waals surface area (Å²) in [5, 5.41) is 2.51. The van der Waals surface area contributed by atoms with Crippen molar-refractivity contribution >= 4 is 21.6 Å².